The van der Waals surface area contributed by atoms with E-state index >= 15 is 0 Å². The Hall–Kier alpha value is -11.5. The van der Waals surface area contributed by atoms with E-state index in [4.69, 9.17) is 30.0 Å². The highest BCUT2D eigenvalue weighted by atomic mass is 15.5. The summed E-state index contributed by atoms with van der Waals surface area (Å²) in [5.74, 6) is 2.62. The predicted octanol–water partition coefficient (Wildman–Crippen LogP) is 19.1. The molecule has 0 fully saturated rings. The Labute approximate surface area is 487 Å². The molecule has 392 valence electrons. The quantitative estimate of drug-likeness (QED) is 0.153. The lowest BCUT2D eigenvalue weighted by atomic mass is 9.86. The molecule has 85 heavy (non-hydrogen) atoms. The van der Waals surface area contributed by atoms with E-state index in [9.17, 15) is 0 Å². The van der Waals surface area contributed by atoms with Crippen LogP contribution in [0.25, 0.3) is 130 Å². The van der Waals surface area contributed by atoms with Gasteiger partial charge < -0.3 is 0 Å². The molecule has 0 radical (unpaired) electrons. The highest BCUT2D eigenvalue weighted by Gasteiger charge is 2.38. The number of benzene rings is 15. The molecule has 15 aromatic carbocycles. The minimum absolute atomic E-state index is 0.380. The van der Waals surface area contributed by atoms with Crippen LogP contribution in [0.1, 0.15) is 16.7 Å². The molecular weight excluding hydrogens is 1030 g/mol. The highest BCUT2D eigenvalue weighted by Crippen LogP contribution is 2.47. The molecule has 0 saturated carbocycles. The van der Waals surface area contributed by atoms with Crippen molar-refractivity contribution in [1.82, 2.24) is 4.90 Å². The van der Waals surface area contributed by atoms with E-state index in [0.29, 0.717) is 35.4 Å². The molecule has 3 aliphatic heterocycles. The number of guanidine groups is 3. The maximum absolute atomic E-state index is 5.59. The maximum Gasteiger partial charge on any atom is 0.243 e. The van der Waals surface area contributed by atoms with Gasteiger partial charge in [-0.05, 0) is 130 Å². The van der Waals surface area contributed by atoms with Crippen LogP contribution in [0.5, 0.6) is 0 Å². The van der Waals surface area contributed by atoms with Gasteiger partial charge in [0.1, 0.15) is 0 Å². The summed E-state index contributed by atoms with van der Waals surface area (Å²) in [4.78, 5) is 35.3. The number of hydrogen-bond acceptors (Lipinski definition) is 7. The molecule has 0 saturated heterocycles. The average molecular weight is 1080 g/mol. The van der Waals surface area contributed by atoms with Crippen LogP contribution in [-0.2, 0) is 0 Å². The first-order chi connectivity index (χ1) is 42.2. The lowest BCUT2D eigenvalue weighted by Gasteiger charge is -2.31. The Kier molecular flexibility index (Phi) is 10.3. The third-order valence-electron chi connectivity index (χ3n) is 17.5. The maximum atomic E-state index is 5.59. The Morgan fingerprint density at radius 1 is 0.165 bits per heavy atom. The van der Waals surface area contributed by atoms with Crippen LogP contribution in [0.2, 0.25) is 0 Å². The lowest BCUT2D eigenvalue weighted by molar-refractivity contribution is 0.829. The smallest absolute Gasteiger partial charge is 0.213 e. The molecule has 0 aromatic heterocycles. The van der Waals surface area contributed by atoms with Crippen LogP contribution in [0.4, 0.5) is 0 Å². The molecule has 18 rings (SSSR count). The Bertz CT molecular complexity index is 4940. The molecule has 0 unspecified atom stereocenters. The molecule has 7 nitrogen and oxygen atoms in total. The van der Waals surface area contributed by atoms with E-state index in [1.165, 1.54) is 32.3 Å². The van der Waals surface area contributed by atoms with Crippen LogP contribution < -0.4 is 0 Å². The average Bonchev–Trinajstić information content (AvgIpc) is 2.51. The van der Waals surface area contributed by atoms with Gasteiger partial charge in [0.2, 0.25) is 17.9 Å². The van der Waals surface area contributed by atoms with Gasteiger partial charge in [0.25, 0.3) is 0 Å². The first kappa shape index (κ1) is 47.1. The fourth-order valence-electron chi connectivity index (χ4n) is 13.9. The summed E-state index contributed by atoms with van der Waals surface area (Å²) in [6.45, 7) is 0. The number of amidine groups is 3. The second-order valence-electron chi connectivity index (χ2n) is 22.0. The van der Waals surface area contributed by atoms with Crippen molar-refractivity contribution in [3.63, 3.8) is 0 Å². The van der Waals surface area contributed by atoms with Gasteiger partial charge in [0.15, 0.2) is 17.5 Å². The van der Waals surface area contributed by atoms with E-state index in [-0.39, 0.29) is 0 Å². The molecule has 0 aliphatic carbocycles. The fourth-order valence-corrected chi connectivity index (χ4v) is 13.9. The van der Waals surface area contributed by atoms with Crippen LogP contribution in [-0.4, -0.2) is 40.3 Å². The zero-order valence-electron chi connectivity index (χ0n) is 45.6. The molecule has 0 bridgehead atoms. The van der Waals surface area contributed by atoms with Crippen LogP contribution >= 0.6 is 0 Å². The Morgan fingerprint density at radius 3 is 0.588 bits per heavy atom. The van der Waals surface area contributed by atoms with Crippen molar-refractivity contribution in [3.05, 3.63) is 290 Å². The molecule has 7 heteroatoms. The number of hydrogen-bond donors (Lipinski definition) is 0. The minimum atomic E-state index is 0.380. The van der Waals surface area contributed by atoms with Crippen molar-refractivity contribution in [2.24, 2.45) is 30.0 Å². The second-order valence-corrected chi connectivity index (χ2v) is 22.0. The molecule has 0 atom stereocenters. The molecule has 3 aliphatic rings. The van der Waals surface area contributed by atoms with E-state index in [2.05, 4.69) is 273 Å². The molecule has 3 heterocycles. The van der Waals surface area contributed by atoms with E-state index in [1.54, 1.807) is 0 Å². The van der Waals surface area contributed by atoms with Gasteiger partial charge in [-0.1, -0.05) is 273 Å². The third-order valence-corrected chi connectivity index (χ3v) is 17.5. The molecule has 0 N–H and O–H groups in total. The van der Waals surface area contributed by atoms with Gasteiger partial charge in [0, 0.05) is 16.7 Å². The summed E-state index contributed by atoms with van der Waals surface area (Å²) in [5, 5.41) is 19.8. The molecular formula is C78H45N7. The SMILES string of the molecule is c1ccc2c(-c3c4ccccc4c(C4=NC5=NC(c6c7ccccc7c(-c7cccc8ccccc78)c7ccccc67)=NC6=NC(c7c8ccccc8c(-c8cccc9ccccc89)c8ccccc78)=NC(=N4)N56)c4ccccc34)cccc2c1. The zero-order chi connectivity index (χ0) is 55.7. The summed E-state index contributed by atoms with van der Waals surface area (Å²) >= 11 is 0. The second kappa shape index (κ2) is 18.5. The Morgan fingerprint density at radius 2 is 0.353 bits per heavy atom. The van der Waals surface area contributed by atoms with Crippen molar-refractivity contribution in [3.8, 4) is 33.4 Å². The van der Waals surface area contributed by atoms with E-state index in [1.807, 2.05) is 4.90 Å². The van der Waals surface area contributed by atoms with Gasteiger partial charge in [-0.15, -0.1) is 0 Å². The van der Waals surface area contributed by atoms with Gasteiger partial charge >= 0.3 is 0 Å². The largest absolute Gasteiger partial charge is 0.243 e. The fraction of sp³-hybridized carbons (Fsp3) is 0. The van der Waals surface area contributed by atoms with Crippen molar-refractivity contribution < 1.29 is 0 Å². The minimum Gasteiger partial charge on any atom is -0.213 e. The van der Waals surface area contributed by atoms with Gasteiger partial charge in [-0.3, -0.25) is 0 Å². The standard InChI is InChI=1S/C78H45N7/c1-4-28-49-46(22-1)25-19-43-52(49)67-55-31-7-13-37-61(55)70(62-38-14-8-32-56(62)67)73-79-76-81-74(71-63-39-15-9-33-57(63)68(58-34-10-16-40-64(58)71)53-44-20-26-47-23-2-5-29-50(47)53)83-78-84-75(82-77(80-73)85(76)78)72-65-41-17-11-35-59(65)69(60-36-12-18-42-66(60)72)54-45-21-27-48-24-3-6-30-51(48)54/h1-45H. The monoisotopic (exact) mass is 1080 g/mol. The zero-order valence-corrected chi connectivity index (χ0v) is 45.6. The topological polar surface area (TPSA) is 77.4 Å². The lowest BCUT2D eigenvalue weighted by Crippen LogP contribution is -2.48. The van der Waals surface area contributed by atoms with Gasteiger partial charge in [-0.2, -0.15) is 30.0 Å². The number of fused-ring (bicyclic) bond motifs is 9. The predicted molar refractivity (Wildman–Crippen MR) is 357 cm³/mol. The van der Waals surface area contributed by atoms with Crippen molar-refractivity contribution in [2.45, 2.75) is 0 Å². The number of aliphatic imine (C=N–C) groups is 6. The number of nitrogens with zero attached hydrogens (tertiary/aromatic N) is 7. The molecule has 15 aromatic rings. The van der Waals surface area contributed by atoms with E-state index in [0.717, 1.165) is 115 Å². The summed E-state index contributed by atoms with van der Waals surface area (Å²) in [6.07, 6.45) is 0. The van der Waals surface area contributed by atoms with Crippen LogP contribution in [0, 0.1) is 0 Å². The van der Waals surface area contributed by atoms with Crippen molar-refractivity contribution in [1.29, 1.82) is 0 Å². The normalized spacial score (nSPS) is 14.0. The number of rotatable bonds is 6. The third kappa shape index (κ3) is 7.08. The van der Waals surface area contributed by atoms with Gasteiger partial charge in [0.05, 0.1) is 0 Å². The first-order valence-corrected chi connectivity index (χ1v) is 28.8. The molecule has 0 spiro atoms. The Balaban J connectivity index is 0.932. The molecule has 0 amide bonds. The summed E-state index contributed by atoms with van der Waals surface area (Å²) in [7, 11) is 0. The van der Waals surface area contributed by atoms with Crippen molar-refractivity contribution in [2.75, 3.05) is 0 Å². The highest BCUT2D eigenvalue weighted by molar-refractivity contribution is 6.41. The van der Waals surface area contributed by atoms with Gasteiger partial charge in [-0.25, -0.2) is 4.90 Å². The summed E-state index contributed by atoms with van der Waals surface area (Å²) < 4.78 is 0. The first-order valence-electron chi connectivity index (χ1n) is 28.8. The van der Waals surface area contributed by atoms with Crippen LogP contribution in [0.15, 0.2) is 303 Å². The van der Waals surface area contributed by atoms with Crippen molar-refractivity contribution >= 4 is 132 Å². The van der Waals surface area contributed by atoms with E-state index < -0.39 is 0 Å². The van der Waals surface area contributed by atoms with Crippen LogP contribution in [0.3, 0.4) is 0 Å². The summed E-state index contributed by atoms with van der Waals surface area (Å²) in [6, 6.07) is 97.6. The summed E-state index contributed by atoms with van der Waals surface area (Å²) in [5.41, 5.74) is 9.63.